The molecular weight excluding hydrogens is 483 g/mol. The Morgan fingerprint density at radius 2 is 1.95 bits per heavy atom. The normalized spacial score (nSPS) is 17.8. The summed E-state index contributed by atoms with van der Waals surface area (Å²) in [5.41, 5.74) is 1.42. The van der Waals surface area contributed by atoms with E-state index in [1.165, 1.54) is 6.07 Å². The zero-order valence-electron chi connectivity index (χ0n) is 19.8. The Morgan fingerprint density at radius 3 is 2.70 bits per heavy atom. The molecule has 1 aliphatic carbocycles. The van der Waals surface area contributed by atoms with Gasteiger partial charge < -0.3 is 10.6 Å². The van der Waals surface area contributed by atoms with E-state index in [1.54, 1.807) is 6.20 Å². The Bertz CT molecular complexity index is 1460. The summed E-state index contributed by atoms with van der Waals surface area (Å²) in [5.74, 6) is -1.17. The standard InChI is InChI=1S/C26H24F3N7O/c27-26(28,29)15-8-9-20-18(13-15)21(24(37)32-20)22-19-14-36(17-6-1-2-7-17)35-23(19)34-25(33-22)31-12-10-16-5-3-4-11-30-16/h3-5,8-9,11,13-14,17,21H,1-2,6-7,10,12H2,(H,32,37)(H,31,34,35). The lowest BCUT2D eigenvalue weighted by atomic mass is 9.93. The number of hydrogen-bond acceptors (Lipinski definition) is 6. The SMILES string of the molecule is O=C1Nc2ccc(C(F)(F)F)cc2C1c1nc(NCCc2ccccn2)nc2nn(C3CCCC3)cc12. The van der Waals surface area contributed by atoms with Crippen molar-refractivity contribution in [2.45, 2.75) is 50.2 Å². The summed E-state index contributed by atoms with van der Waals surface area (Å²) in [6.07, 6.45) is 3.85. The number of benzene rings is 1. The fourth-order valence-corrected chi connectivity index (χ4v) is 5.16. The summed E-state index contributed by atoms with van der Waals surface area (Å²) >= 11 is 0. The van der Waals surface area contributed by atoms with Crippen LogP contribution in [0.5, 0.6) is 0 Å². The van der Waals surface area contributed by atoms with E-state index in [1.807, 2.05) is 29.1 Å². The third-order valence-electron chi connectivity index (χ3n) is 7.00. The predicted octanol–water partition coefficient (Wildman–Crippen LogP) is 5.09. The minimum atomic E-state index is -4.53. The molecule has 37 heavy (non-hydrogen) atoms. The Hall–Kier alpha value is -4.02. The van der Waals surface area contributed by atoms with Crippen LogP contribution < -0.4 is 10.6 Å². The minimum Gasteiger partial charge on any atom is -0.354 e. The minimum absolute atomic E-state index is 0.226. The van der Waals surface area contributed by atoms with Crippen molar-refractivity contribution >= 4 is 28.6 Å². The van der Waals surface area contributed by atoms with Gasteiger partial charge in [-0.2, -0.15) is 23.3 Å². The first-order chi connectivity index (χ1) is 17.9. The van der Waals surface area contributed by atoms with Crippen LogP contribution in [-0.4, -0.2) is 37.2 Å². The van der Waals surface area contributed by atoms with Crippen LogP contribution in [0, 0.1) is 0 Å². The Morgan fingerprint density at radius 1 is 1.11 bits per heavy atom. The molecule has 6 rings (SSSR count). The zero-order chi connectivity index (χ0) is 25.6. The molecule has 0 bridgehead atoms. The van der Waals surface area contributed by atoms with Gasteiger partial charge in [-0.1, -0.05) is 18.9 Å². The fourth-order valence-electron chi connectivity index (χ4n) is 5.16. The number of pyridine rings is 1. The Labute approximate surface area is 210 Å². The van der Waals surface area contributed by atoms with Gasteiger partial charge in [0, 0.05) is 36.7 Å². The summed E-state index contributed by atoms with van der Waals surface area (Å²) in [6.45, 7) is 0.483. The van der Waals surface area contributed by atoms with Gasteiger partial charge in [0.05, 0.1) is 22.7 Å². The van der Waals surface area contributed by atoms with E-state index in [0.717, 1.165) is 43.5 Å². The van der Waals surface area contributed by atoms with Crippen molar-refractivity contribution in [3.05, 3.63) is 71.3 Å². The van der Waals surface area contributed by atoms with Crippen molar-refractivity contribution in [1.82, 2.24) is 24.7 Å². The average molecular weight is 508 g/mol. The number of fused-ring (bicyclic) bond motifs is 2. The molecule has 1 amide bonds. The van der Waals surface area contributed by atoms with Gasteiger partial charge in [0.1, 0.15) is 5.92 Å². The lowest BCUT2D eigenvalue weighted by Crippen LogP contribution is -2.17. The maximum Gasteiger partial charge on any atom is 0.416 e. The molecule has 1 atom stereocenters. The molecule has 1 unspecified atom stereocenters. The lowest BCUT2D eigenvalue weighted by molar-refractivity contribution is -0.137. The highest BCUT2D eigenvalue weighted by Crippen LogP contribution is 2.42. The molecule has 3 aromatic heterocycles. The molecule has 1 fully saturated rings. The van der Waals surface area contributed by atoms with Crippen molar-refractivity contribution in [1.29, 1.82) is 0 Å². The third kappa shape index (κ3) is 4.49. The summed E-state index contributed by atoms with van der Waals surface area (Å²) < 4.78 is 42.4. The molecule has 190 valence electrons. The molecule has 0 radical (unpaired) electrons. The van der Waals surface area contributed by atoms with E-state index in [2.05, 4.69) is 25.6 Å². The van der Waals surface area contributed by atoms with Gasteiger partial charge in [0.2, 0.25) is 11.9 Å². The van der Waals surface area contributed by atoms with Crippen LogP contribution in [0.4, 0.5) is 24.8 Å². The van der Waals surface area contributed by atoms with Crippen molar-refractivity contribution in [3.63, 3.8) is 0 Å². The van der Waals surface area contributed by atoms with Gasteiger partial charge >= 0.3 is 6.18 Å². The van der Waals surface area contributed by atoms with Gasteiger partial charge in [-0.3, -0.25) is 14.5 Å². The van der Waals surface area contributed by atoms with Gasteiger partial charge in [-0.25, -0.2) is 4.98 Å². The number of amides is 1. The van der Waals surface area contributed by atoms with E-state index in [9.17, 15) is 18.0 Å². The van der Waals surface area contributed by atoms with Crippen molar-refractivity contribution in [2.75, 3.05) is 17.2 Å². The number of hydrogen-bond donors (Lipinski definition) is 2. The molecule has 8 nitrogen and oxygen atoms in total. The van der Waals surface area contributed by atoms with Crippen molar-refractivity contribution in [2.24, 2.45) is 0 Å². The summed E-state index contributed by atoms with van der Waals surface area (Å²) in [6, 6.07) is 9.19. The number of rotatable bonds is 6. The number of anilines is 2. The number of aromatic nitrogens is 5. The lowest BCUT2D eigenvalue weighted by Gasteiger charge is -2.13. The first-order valence-corrected chi connectivity index (χ1v) is 12.3. The summed E-state index contributed by atoms with van der Waals surface area (Å²) in [5, 5.41) is 11.1. The van der Waals surface area contributed by atoms with Crippen LogP contribution in [0.2, 0.25) is 0 Å². The van der Waals surface area contributed by atoms with Gasteiger partial charge in [0.25, 0.3) is 0 Å². The maximum atomic E-state index is 13.5. The molecule has 2 aliphatic rings. The molecular formula is C26H24F3N7O. The van der Waals surface area contributed by atoms with Crippen LogP contribution in [-0.2, 0) is 17.4 Å². The smallest absolute Gasteiger partial charge is 0.354 e. The number of carbonyl (C=O) groups excluding carboxylic acids is 1. The highest BCUT2D eigenvalue weighted by molar-refractivity contribution is 6.06. The Kier molecular flexibility index (Phi) is 5.77. The van der Waals surface area contributed by atoms with E-state index < -0.39 is 23.6 Å². The first-order valence-electron chi connectivity index (χ1n) is 12.3. The Balaban J connectivity index is 1.41. The predicted molar refractivity (Wildman–Crippen MR) is 131 cm³/mol. The zero-order valence-corrected chi connectivity index (χ0v) is 19.8. The number of carbonyl (C=O) groups is 1. The number of nitrogens with one attached hydrogen (secondary N) is 2. The quantitative estimate of drug-likeness (QED) is 0.377. The highest BCUT2D eigenvalue weighted by atomic mass is 19.4. The molecule has 0 spiro atoms. The summed E-state index contributed by atoms with van der Waals surface area (Å²) in [7, 11) is 0. The van der Waals surface area contributed by atoms with Gasteiger partial charge in [-0.15, -0.1) is 0 Å². The molecule has 0 saturated heterocycles. The highest BCUT2D eigenvalue weighted by Gasteiger charge is 2.39. The van der Waals surface area contributed by atoms with Crippen molar-refractivity contribution in [3.8, 4) is 0 Å². The molecule has 1 aromatic carbocycles. The second-order valence-electron chi connectivity index (χ2n) is 9.44. The van der Waals surface area contributed by atoms with Crippen LogP contribution in [0.25, 0.3) is 11.0 Å². The molecule has 1 aliphatic heterocycles. The van der Waals surface area contributed by atoms with Crippen LogP contribution >= 0.6 is 0 Å². The average Bonchev–Trinajstić information content (AvgIpc) is 3.61. The first kappa shape index (κ1) is 23.4. The molecule has 2 N–H and O–H groups in total. The number of halogens is 3. The van der Waals surface area contributed by atoms with Crippen molar-refractivity contribution < 1.29 is 18.0 Å². The van der Waals surface area contributed by atoms with E-state index in [-0.39, 0.29) is 17.6 Å². The number of nitrogens with zero attached hydrogens (tertiary/aromatic N) is 5. The van der Waals surface area contributed by atoms with E-state index in [0.29, 0.717) is 35.4 Å². The fraction of sp³-hybridized carbons (Fsp3) is 0.346. The van der Waals surface area contributed by atoms with Gasteiger partial charge in [0.15, 0.2) is 5.65 Å². The topological polar surface area (TPSA) is 97.6 Å². The monoisotopic (exact) mass is 507 g/mol. The van der Waals surface area contributed by atoms with Crippen LogP contribution in [0.15, 0.2) is 48.8 Å². The summed E-state index contributed by atoms with van der Waals surface area (Å²) in [4.78, 5) is 26.6. The maximum absolute atomic E-state index is 13.5. The van der Waals surface area contributed by atoms with Crippen LogP contribution in [0.3, 0.4) is 0 Å². The molecule has 4 heterocycles. The number of alkyl halides is 3. The molecule has 4 aromatic rings. The van der Waals surface area contributed by atoms with Crippen LogP contribution in [0.1, 0.15) is 60.2 Å². The second kappa shape index (κ2) is 9.13. The van der Waals surface area contributed by atoms with E-state index in [4.69, 9.17) is 5.10 Å². The second-order valence-corrected chi connectivity index (χ2v) is 9.44. The molecule has 11 heteroatoms. The van der Waals surface area contributed by atoms with Gasteiger partial charge in [-0.05, 0) is 48.7 Å². The third-order valence-corrected chi connectivity index (χ3v) is 7.00. The molecule has 1 saturated carbocycles. The largest absolute Gasteiger partial charge is 0.416 e. The van der Waals surface area contributed by atoms with E-state index >= 15 is 0 Å².